The van der Waals surface area contributed by atoms with Crippen LogP contribution in [0, 0.1) is 10.1 Å². The molecule has 2 heterocycles. The number of thiophene rings is 1. The number of nitrogens with zero attached hydrogens (tertiary/aromatic N) is 2. The molecule has 0 atom stereocenters. The number of aryl methyl sites for hydroxylation is 1. The summed E-state index contributed by atoms with van der Waals surface area (Å²) in [4.78, 5) is 27.1. The van der Waals surface area contributed by atoms with Crippen molar-refractivity contribution in [1.82, 2.24) is 4.98 Å². The van der Waals surface area contributed by atoms with Crippen molar-refractivity contribution >= 4 is 40.4 Å². The third kappa shape index (κ3) is 4.51. The van der Waals surface area contributed by atoms with Gasteiger partial charge in [0.15, 0.2) is 0 Å². The number of hydrogen-bond donors (Lipinski definition) is 1. The van der Waals surface area contributed by atoms with Crippen LogP contribution in [0.2, 0.25) is 5.15 Å². The first kappa shape index (κ1) is 15.4. The van der Waals surface area contributed by atoms with Crippen molar-refractivity contribution in [3.8, 4) is 0 Å². The van der Waals surface area contributed by atoms with Crippen molar-refractivity contribution in [3.05, 3.63) is 49.8 Å². The lowest BCUT2D eigenvalue weighted by Gasteiger charge is -2.05. The van der Waals surface area contributed by atoms with Gasteiger partial charge in [0, 0.05) is 17.4 Å². The normalized spacial score (nSPS) is 10.3. The molecule has 0 unspecified atom stereocenters. The lowest BCUT2D eigenvalue weighted by molar-refractivity contribution is -0.384. The van der Waals surface area contributed by atoms with E-state index in [0.717, 1.165) is 6.42 Å². The molecule has 21 heavy (non-hydrogen) atoms. The third-order valence-corrected chi connectivity index (χ3v) is 3.85. The van der Waals surface area contributed by atoms with Crippen molar-refractivity contribution in [2.45, 2.75) is 19.3 Å². The molecule has 0 bridgehead atoms. The van der Waals surface area contributed by atoms with E-state index in [1.807, 2.05) is 17.5 Å². The first-order chi connectivity index (χ1) is 10.1. The molecule has 0 radical (unpaired) electrons. The van der Waals surface area contributed by atoms with E-state index >= 15 is 0 Å². The lowest BCUT2D eigenvalue weighted by Crippen LogP contribution is -2.14. The van der Waals surface area contributed by atoms with E-state index in [9.17, 15) is 14.9 Å². The number of carbonyl (C=O) groups excluding carboxylic acids is 1. The van der Waals surface area contributed by atoms with E-state index in [1.165, 1.54) is 17.0 Å². The van der Waals surface area contributed by atoms with Gasteiger partial charge in [0.2, 0.25) is 11.7 Å². The largest absolute Gasteiger partial charge is 0.311 e. The van der Waals surface area contributed by atoms with Gasteiger partial charge in [-0.1, -0.05) is 17.7 Å². The molecule has 0 aliphatic rings. The van der Waals surface area contributed by atoms with Crippen molar-refractivity contribution < 1.29 is 9.72 Å². The van der Waals surface area contributed by atoms with Gasteiger partial charge in [0.05, 0.1) is 4.92 Å². The molecule has 2 aromatic heterocycles. The van der Waals surface area contributed by atoms with Gasteiger partial charge in [-0.15, -0.1) is 11.3 Å². The summed E-state index contributed by atoms with van der Waals surface area (Å²) >= 11 is 7.33. The number of anilines is 1. The summed E-state index contributed by atoms with van der Waals surface area (Å²) in [6, 6.07) is 6.49. The number of nitro groups is 1. The number of hydrogen-bond acceptors (Lipinski definition) is 5. The van der Waals surface area contributed by atoms with Gasteiger partial charge < -0.3 is 5.32 Å². The van der Waals surface area contributed by atoms with E-state index in [2.05, 4.69) is 10.3 Å². The molecule has 2 rings (SSSR count). The summed E-state index contributed by atoms with van der Waals surface area (Å²) in [6.45, 7) is 0. The predicted octanol–water partition coefficient (Wildman–Crippen LogP) is 3.67. The van der Waals surface area contributed by atoms with Gasteiger partial charge in [-0.25, -0.2) is 4.98 Å². The number of halogens is 1. The monoisotopic (exact) mass is 325 g/mol. The van der Waals surface area contributed by atoms with Crippen molar-refractivity contribution in [2.24, 2.45) is 0 Å². The molecular weight excluding hydrogens is 314 g/mol. The van der Waals surface area contributed by atoms with Gasteiger partial charge in [-0.05, 0) is 30.4 Å². The highest BCUT2D eigenvalue weighted by Crippen LogP contribution is 2.24. The van der Waals surface area contributed by atoms with Crippen LogP contribution in [0.4, 0.5) is 11.5 Å². The van der Waals surface area contributed by atoms with E-state index < -0.39 is 4.92 Å². The van der Waals surface area contributed by atoms with Crippen LogP contribution in [0.15, 0.2) is 29.6 Å². The molecular formula is C13H12ClN3O3S. The van der Waals surface area contributed by atoms with Crippen LogP contribution in [0.5, 0.6) is 0 Å². The predicted molar refractivity (Wildman–Crippen MR) is 81.8 cm³/mol. The minimum absolute atomic E-state index is 0.0921. The molecule has 0 aliphatic heterocycles. The summed E-state index contributed by atoms with van der Waals surface area (Å²) in [7, 11) is 0. The third-order valence-electron chi connectivity index (χ3n) is 2.70. The molecule has 0 saturated heterocycles. The maximum absolute atomic E-state index is 11.8. The molecule has 0 aromatic carbocycles. The van der Waals surface area contributed by atoms with Crippen LogP contribution in [0.1, 0.15) is 17.7 Å². The van der Waals surface area contributed by atoms with Crippen LogP contribution in [-0.4, -0.2) is 15.8 Å². The molecule has 2 aromatic rings. The Balaban J connectivity index is 1.93. The Bertz CT molecular complexity index is 646. The molecule has 0 spiro atoms. The lowest BCUT2D eigenvalue weighted by atomic mass is 10.2. The Morgan fingerprint density at radius 3 is 2.90 bits per heavy atom. The molecule has 1 amide bonds. The summed E-state index contributed by atoms with van der Waals surface area (Å²) in [6.07, 6.45) is 1.74. The van der Waals surface area contributed by atoms with Gasteiger partial charge in [0.1, 0.15) is 5.15 Å². The Morgan fingerprint density at radius 1 is 1.43 bits per heavy atom. The molecule has 0 saturated carbocycles. The number of rotatable bonds is 6. The fourth-order valence-electron chi connectivity index (χ4n) is 1.74. The quantitative estimate of drug-likeness (QED) is 0.499. The second kappa shape index (κ2) is 7.14. The topological polar surface area (TPSA) is 85.1 Å². The Hall–Kier alpha value is -1.99. The first-order valence-corrected chi connectivity index (χ1v) is 7.45. The van der Waals surface area contributed by atoms with Crippen molar-refractivity contribution in [3.63, 3.8) is 0 Å². The second-order valence-corrected chi connectivity index (χ2v) is 5.66. The molecule has 0 aliphatic carbocycles. The maximum Gasteiger partial charge on any atom is 0.311 e. The van der Waals surface area contributed by atoms with Crippen LogP contribution < -0.4 is 5.32 Å². The molecule has 8 heteroatoms. The van der Waals surface area contributed by atoms with Crippen molar-refractivity contribution in [1.29, 1.82) is 0 Å². The van der Waals surface area contributed by atoms with Gasteiger partial charge >= 0.3 is 5.69 Å². The summed E-state index contributed by atoms with van der Waals surface area (Å²) in [5, 5.41) is 15.4. The highest BCUT2D eigenvalue weighted by molar-refractivity contribution is 7.09. The first-order valence-electron chi connectivity index (χ1n) is 6.19. The number of amides is 1. The van der Waals surface area contributed by atoms with E-state index in [4.69, 9.17) is 11.6 Å². The zero-order valence-corrected chi connectivity index (χ0v) is 12.5. The average Bonchev–Trinajstić information content (AvgIpc) is 2.91. The zero-order valence-electron chi connectivity index (χ0n) is 10.9. The molecule has 6 nitrogen and oxygen atoms in total. The maximum atomic E-state index is 11.8. The van der Waals surface area contributed by atoms with Gasteiger partial charge in [0.25, 0.3) is 0 Å². The molecule has 110 valence electrons. The highest BCUT2D eigenvalue weighted by atomic mass is 35.5. The van der Waals surface area contributed by atoms with E-state index in [-0.39, 0.29) is 29.0 Å². The SMILES string of the molecule is O=C(CCCc1cccs1)Nc1nc(Cl)ccc1[N+](=O)[O-]. The smallest absolute Gasteiger partial charge is 0.305 e. The van der Waals surface area contributed by atoms with Crippen LogP contribution in [-0.2, 0) is 11.2 Å². The number of carbonyl (C=O) groups is 1. The highest BCUT2D eigenvalue weighted by Gasteiger charge is 2.17. The Kier molecular flexibility index (Phi) is 5.24. The van der Waals surface area contributed by atoms with Crippen LogP contribution >= 0.6 is 22.9 Å². The minimum Gasteiger partial charge on any atom is -0.305 e. The summed E-state index contributed by atoms with van der Waals surface area (Å²) in [5.74, 6) is -0.432. The minimum atomic E-state index is -0.607. The van der Waals surface area contributed by atoms with Crippen molar-refractivity contribution in [2.75, 3.05) is 5.32 Å². The molecule has 0 fully saturated rings. The van der Waals surface area contributed by atoms with Crippen LogP contribution in [0.25, 0.3) is 0 Å². The molecule has 1 N–H and O–H groups in total. The standard InChI is InChI=1S/C13H12ClN3O3S/c14-11-7-6-10(17(19)20)13(15-11)16-12(18)5-1-3-9-4-2-8-21-9/h2,4,6-8H,1,3,5H2,(H,15,16,18). The van der Waals surface area contributed by atoms with Crippen LogP contribution in [0.3, 0.4) is 0 Å². The van der Waals surface area contributed by atoms with E-state index in [0.29, 0.717) is 6.42 Å². The van der Waals surface area contributed by atoms with Gasteiger partial charge in [-0.2, -0.15) is 0 Å². The average molecular weight is 326 g/mol. The zero-order chi connectivity index (χ0) is 15.2. The van der Waals surface area contributed by atoms with Gasteiger partial charge in [-0.3, -0.25) is 14.9 Å². The number of nitrogens with one attached hydrogen (secondary N) is 1. The second-order valence-electron chi connectivity index (χ2n) is 4.24. The summed E-state index contributed by atoms with van der Waals surface area (Å²) < 4.78 is 0. The number of aromatic nitrogens is 1. The fraction of sp³-hybridized carbons (Fsp3) is 0.231. The fourth-order valence-corrected chi connectivity index (χ4v) is 2.64. The summed E-state index contributed by atoms with van der Waals surface area (Å²) in [5.41, 5.74) is -0.272. The Labute approximate surface area is 129 Å². The number of pyridine rings is 1. The van der Waals surface area contributed by atoms with E-state index in [1.54, 1.807) is 11.3 Å². The Morgan fingerprint density at radius 2 is 2.24 bits per heavy atom.